The predicted octanol–water partition coefficient (Wildman–Crippen LogP) is 1.09. The second-order valence-electron chi connectivity index (χ2n) is 6.15. The molecular formula is C17H19F3N4O2. The Kier molecular flexibility index (Phi) is 5.28. The minimum Gasteiger partial charge on any atom is -0.350 e. The molecule has 1 aromatic carbocycles. The first-order valence-corrected chi connectivity index (χ1v) is 8.28. The van der Waals surface area contributed by atoms with Gasteiger partial charge in [-0.3, -0.25) is 14.5 Å². The van der Waals surface area contributed by atoms with Gasteiger partial charge in [-0.2, -0.15) is 13.2 Å². The van der Waals surface area contributed by atoms with Gasteiger partial charge in [0.15, 0.2) is 0 Å². The van der Waals surface area contributed by atoms with E-state index in [1.807, 2.05) is 0 Å². The number of pyridine rings is 1. The van der Waals surface area contributed by atoms with E-state index in [9.17, 15) is 22.8 Å². The lowest BCUT2D eigenvalue weighted by molar-refractivity contribution is -0.183. The Morgan fingerprint density at radius 1 is 1.23 bits per heavy atom. The maximum atomic E-state index is 13.4. The molecule has 1 aliphatic heterocycles. The molecule has 0 saturated carbocycles. The standard InChI is InChI=1S/C17H19F3N4O2/c18-17(19,20)14(24-7-5-21-6-8-24)10-22-15(25)12-9-11-3-1-2-4-13(11)23-16(12)26/h1-4,9,14,21H,5-8,10H2,(H,22,25)(H,23,26). The van der Waals surface area contributed by atoms with Gasteiger partial charge < -0.3 is 15.6 Å². The highest BCUT2D eigenvalue weighted by atomic mass is 19.4. The molecular weight excluding hydrogens is 349 g/mol. The van der Waals surface area contributed by atoms with Crippen molar-refractivity contribution in [1.29, 1.82) is 0 Å². The van der Waals surface area contributed by atoms with Crippen LogP contribution in [0.5, 0.6) is 0 Å². The van der Waals surface area contributed by atoms with Crippen molar-refractivity contribution < 1.29 is 18.0 Å². The lowest BCUT2D eigenvalue weighted by Gasteiger charge is -2.35. The average molecular weight is 368 g/mol. The highest BCUT2D eigenvalue weighted by Gasteiger charge is 2.43. The number of fused-ring (bicyclic) bond motifs is 1. The van der Waals surface area contributed by atoms with E-state index >= 15 is 0 Å². The van der Waals surface area contributed by atoms with Gasteiger partial charge in [-0.15, -0.1) is 0 Å². The number of nitrogens with one attached hydrogen (secondary N) is 3. The minimum absolute atomic E-state index is 0.204. The van der Waals surface area contributed by atoms with Gasteiger partial charge in [-0.05, 0) is 17.5 Å². The largest absolute Gasteiger partial charge is 0.405 e. The molecule has 1 aromatic heterocycles. The molecule has 6 nitrogen and oxygen atoms in total. The van der Waals surface area contributed by atoms with E-state index in [0.29, 0.717) is 24.0 Å². The second kappa shape index (κ2) is 7.46. The van der Waals surface area contributed by atoms with Crippen LogP contribution in [0.2, 0.25) is 0 Å². The number of hydrogen-bond acceptors (Lipinski definition) is 4. The highest BCUT2D eigenvalue weighted by Crippen LogP contribution is 2.24. The van der Waals surface area contributed by atoms with Gasteiger partial charge >= 0.3 is 6.18 Å². The Balaban J connectivity index is 1.76. The Morgan fingerprint density at radius 2 is 1.92 bits per heavy atom. The van der Waals surface area contributed by atoms with Gasteiger partial charge in [-0.25, -0.2) is 0 Å². The fraction of sp³-hybridized carbons (Fsp3) is 0.412. The second-order valence-corrected chi connectivity index (χ2v) is 6.15. The van der Waals surface area contributed by atoms with Crippen molar-refractivity contribution in [3.05, 3.63) is 46.2 Å². The molecule has 1 unspecified atom stereocenters. The molecule has 1 atom stereocenters. The van der Waals surface area contributed by atoms with E-state index in [1.165, 1.54) is 11.0 Å². The average Bonchev–Trinajstić information content (AvgIpc) is 2.61. The summed E-state index contributed by atoms with van der Waals surface area (Å²) >= 11 is 0. The summed E-state index contributed by atoms with van der Waals surface area (Å²) in [5.41, 5.74) is -0.278. The summed E-state index contributed by atoms with van der Waals surface area (Å²) in [7, 11) is 0. The first-order chi connectivity index (χ1) is 12.4. The number of aromatic amines is 1. The maximum absolute atomic E-state index is 13.4. The van der Waals surface area contributed by atoms with Gasteiger partial charge in [0, 0.05) is 38.2 Å². The van der Waals surface area contributed by atoms with E-state index in [0.717, 1.165) is 0 Å². The molecule has 3 rings (SSSR count). The molecule has 1 amide bonds. The number of amides is 1. The first-order valence-electron chi connectivity index (χ1n) is 8.28. The zero-order valence-corrected chi connectivity index (χ0v) is 13.9. The van der Waals surface area contributed by atoms with Crippen molar-refractivity contribution in [1.82, 2.24) is 20.5 Å². The van der Waals surface area contributed by atoms with Gasteiger partial charge in [0.25, 0.3) is 11.5 Å². The van der Waals surface area contributed by atoms with Crippen molar-refractivity contribution in [3.8, 4) is 0 Å². The Hall–Kier alpha value is -2.39. The molecule has 0 radical (unpaired) electrons. The lowest BCUT2D eigenvalue weighted by atomic mass is 10.1. The number of carbonyl (C=O) groups excluding carboxylic acids is 1. The molecule has 26 heavy (non-hydrogen) atoms. The third-order valence-corrected chi connectivity index (χ3v) is 4.42. The van der Waals surface area contributed by atoms with Crippen LogP contribution >= 0.6 is 0 Å². The summed E-state index contributed by atoms with van der Waals surface area (Å²) in [6.07, 6.45) is -4.47. The van der Waals surface area contributed by atoms with E-state index < -0.39 is 30.2 Å². The number of nitrogens with zero attached hydrogens (tertiary/aromatic N) is 1. The van der Waals surface area contributed by atoms with Crippen LogP contribution in [0.1, 0.15) is 10.4 Å². The van der Waals surface area contributed by atoms with E-state index in [-0.39, 0.29) is 18.7 Å². The van der Waals surface area contributed by atoms with Crippen LogP contribution in [0, 0.1) is 0 Å². The molecule has 2 heterocycles. The normalized spacial score (nSPS) is 17.2. The molecule has 1 saturated heterocycles. The summed E-state index contributed by atoms with van der Waals surface area (Å²) in [4.78, 5) is 28.2. The molecule has 0 aliphatic carbocycles. The summed E-state index contributed by atoms with van der Waals surface area (Å²) < 4.78 is 40.1. The lowest BCUT2D eigenvalue weighted by Crippen LogP contribution is -2.57. The first kappa shape index (κ1) is 18.4. The number of aromatic nitrogens is 1. The molecule has 2 aromatic rings. The minimum atomic E-state index is -4.47. The molecule has 0 bridgehead atoms. The SMILES string of the molecule is O=C(NCC(N1CCNCC1)C(F)(F)F)c1cc2ccccc2[nH]c1=O. The molecule has 140 valence electrons. The molecule has 3 N–H and O–H groups in total. The summed E-state index contributed by atoms with van der Waals surface area (Å²) in [5.74, 6) is -0.818. The van der Waals surface area contributed by atoms with Crippen LogP contribution in [0.4, 0.5) is 13.2 Å². The smallest absolute Gasteiger partial charge is 0.350 e. The topological polar surface area (TPSA) is 77.2 Å². The van der Waals surface area contributed by atoms with E-state index in [4.69, 9.17) is 0 Å². The van der Waals surface area contributed by atoms with Crippen molar-refractivity contribution in [2.24, 2.45) is 0 Å². The quantitative estimate of drug-likeness (QED) is 0.755. The number of carbonyl (C=O) groups is 1. The van der Waals surface area contributed by atoms with Crippen LogP contribution in [-0.4, -0.2) is 60.7 Å². The van der Waals surface area contributed by atoms with Crippen LogP contribution in [0.15, 0.2) is 35.1 Å². The number of hydrogen-bond donors (Lipinski definition) is 3. The zero-order valence-electron chi connectivity index (χ0n) is 13.9. The van der Waals surface area contributed by atoms with Crippen LogP contribution in [0.25, 0.3) is 10.9 Å². The van der Waals surface area contributed by atoms with Gasteiger partial charge in [-0.1, -0.05) is 18.2 Å². The number of halogens is 3. The summed E-state index contributed by atoms with van der Waals surface area (Å²) in [6, 6.07) is 6.47. The van der Waals surface area contributed by atoms with E-state index in [1.54, 1.807) is 24.3 Å². The number of benzene rings is 1. The number of piperazine rings is 1. The fourth-order valence-electron chi connectivity index (χ4n) is 3.05. The van der Waals surface area contributed by atoms with Crippen molar-refractivity contribution in [3.63, 3.8) is 0 Å². The van der Waals surface area contributed by atoms with E-state index in [2.05, 4.69) is 15.6 Å². The predicted molar refractivity (Wildman–Crippen MR) is 91.2 cm³/mol. The van der Waals surface area contributed by atoms with Crippen LogP contribution in [-0.2, 0) is 0 Å². The van der Waals surface area contributed by atoms with Crippen molar-refractivity contribution in [2.75, 3.05) is 32.7 Å². The number of alkyl halides is 3. The van der Waals surface area contributed by atoms with Crippen molar-refractivity contribution in [2.45, 2.75) is 12.2 Å². The fourth-order valence-corrected chi connectivity index (χ4v) is 3.05. The van der Waals surface area contributed by atoms with Crippen LogP contribution in [0.3, 0.4) is 0 Å². The highest BCUT2D eigenvalue weighted by molar-refractivity contribution is 5.97. The summed E-state index contributed by atoms with van der Waals surface area (Å²) in [6.45, 7) is 0.817. The Labute approximate surface area is 147 Å². The number of H-pyrrole nitrogens is 1. The molecule has 9 heteroatoms. The third-order valence-electron chi connectivity index (χ3n) is 4.42. The summed E-state index contributed by atoms with van der Waals surface area (Å²) in [5, 5.41) is 5.89. The Bertz CT molecular complexity index is 844. The zero-order chi connectivity index (χ0) is 18.7. The molecule has 1 fully saturated rings. The number of para-hydroxylation sites is 1. The monoisotopic (exact) mass is 368 g/mol. The Morgan fingerprint density at radius 3 is 2.62 bits per heavy atom. The molecule has 0 spiro atoms. The third kappa shape index (κ3) is 4.05. The van der Waals surface area contributed by atoms with Crippen molar-refractivity contribution >= 4 is 16.8 Å². The number of rotatable bonds is 4. The van der Waals surface area contributed by atoms with Crippen LogP contribution < -0.4 is 16.2 Å². The molecule has 1 aliphatic rings. The van der Waals surface area contributed by atoms with Gasteiger partial charge in [0.2, 0.25) is 0 Å². The van der Waals surface area contributed by atoms with Gasteiger partial charge in [0.05, 0.1) is 0 Å². The van der Waals surface area contributed by atoms with Gasteiger partial charge in [0.1, 0.15) is 11.6 Å². The maximum Gasteiger partial charge on any atom is 0.405 e.